The quantitative estimate of drug-likeness (QED) is 0.227. The van der Waals surface area contributed by atoms with Crippen LogP contribution in [0, 0.1) is 0 Å². The van der Waals surface area contributed by atoms with Crippen LogP contribution in [0.1, 0.15) is 40.1 Å². The third-order valence-corrected chi connectivity index (χ3v) is 6.48. The Morgan fingerprint density at radius 1 is 1.07 bits per heavy atom. The molecule has 1 aliphatic heterocycles. The van der Waals surface area contributed by atoms with Crippen LogP contribution in [0.5, 0.6) is 0 Å². The van der Waals surface area contributed by atoms with Crippen molar-refractivity contribution in [3.8, 4) is 11.4 Å². The van der Waals surface area contributed by atoms with Crippen LogP contribution in [0.4, 0.5) is 27.8 Å². The van der Waals surface area contributed by atoms with Crippen LogP contribution in [-0.2, 0) is 17.4 Å². The largest absolute Gasteiger partial charge is 0.460 e. The summed E-state index contributed by atoms with van der Waals surface area (Å²) in [5.74, 6) is -3.49. The maximum atomic E-state index is 13.9. The molecule has 0 aliphatic carbocycles. The van der Waals surface area contributed by atoms with E-state index in [0.717, 1.165) is 23.4 Å². The minimum absolute atomic E-state index is 0.00547. The van der Waals surface area contributed by atoms with Gasteiger partial charge in [-0.1, -0.05) is 0 Å². The fourth-order valence-electron chi connectivity index (χ4n) is 4.38. The van der Waals surface area contributed by atoms with Crippen molar-refractivity contribution in [1.82, 2.24) is 19.9 Å². The molecule has 1 saturated heterocycles. The molecule has 1 aliphatic rings. The maximum Gasteiger partial charge on any atom is 0.420 e. The minimum atomic E-state index is -4.77. The zero-order valence-electron chi connectivity index (χ0n) is 21.3. The third-order valence-electron chi connectivity index (χ3n) is 6.48. The first-order valence-corrected chi connectivity index (χ1v) is 12.4. The van der Waals surface area contributed by atoms with E-state index in [2.05, 4.69) is 15.0 Å². The smallest absolute Gasteiger partial charge is 0.420 e. The summed E-state index contributed by atoms with van der Waals surface area (Å²) >= 11 is 0. The van der Waals surface area contributed by atoms with Crippen LogP contribution < -0.4 is 5.73 Å². The molecular formula is C28H22F5N5O3. The first-order valence-electron chi connectivity index (χ1n) is 12.4. The number of benzene rings is 1. The summed E-state index contributed by atoms with van der Waals surface area (Å²) < 4.78 is 74.3. The van der Waals surface area contributed by atoms with Crippen molar-refractivity contribution in [2.24, 2.45) is 0 Å². The first-order chi connectivity index (χ1) is 19.4. The summed E-state index contributed by atoms with van der Waals surface area (Å²) in [6.45, 7) is -0.839. The summed E-state index contributed by atoms with van der Waals surface area (Å²) in [4.78, 5) is 37.7. The zero-order chi connectivity index (χ0) is 29.4. The predicted molar refractivity (Wildman–Crippen MR) is 139 cm³/mol. The second-order valence-corrected chi connectivity index (χ2v) is 9.60. The van der Waals surface area contributed by atoms with Crippen LogP contribution in [0.25, 0.3) is 28.4 Å². The van der Waals surface area contributed by atoms with Gasteiger partial charge in [-0.25, -0.2) is 23.7 Å². The Bertz CT molecular complexity index is 1630. The number of anilines is 1. The van der Waals surface area contributed by atoms with Crippen molar-refractivity contribution in [1.29, 1.82) is 0 Å². The van der Waals surface area contributed by atoms with Gasteiger partial charge in [-0.05, 0) is 48.0 Å². The van der Waals surface area contributed by atoms with Crippen molar-refractivity contribution in [2.45, 2.75) is 31.4 Å². The summed E-state index contributed by atoms with van der Waals surface area (Å²) in [7, 11) is 0. The van der Waals surface area contributed by atoms with Crippen molar-refractivity contribution < 1.29 is 36.0 Å². The van der Waals surface area contributed by atoms with Crippen molar-refractivity contribution >= 4 is 34.6 Å². The minimum Gasteiger partial charge on any atom is -0.460 e. The number of allylic oxidation sites excluding steroid dienone is 1. The molecule has 13 heteroatoms. The Labute approximate surface area is 229 Å². The Morgan fingerprint density at radius 2 is 1.83 bits per heavy atom. The number of furan rings is 1. The molecule has 0 saturated carbocycles. The Morgan fingerprint density at radius 3 is 2.46 bits per heavy atom. The highest BCUT2D eigenvalue weighted by molar-refractivity contribution is 5.94. The highest BCUT2D eigenvalue weighted by Gasteiger charge is 2.40. The van der Waals surface area contributed by atoms with Crippen LogP contribution in [0.15, 0.2) is 59.4 Å². The van der Waals surface area contributed by atoms with E-state index in [1.165, 1.54) is 24.4 Å². The number of pyridine rings is 1. The number of likely N-dealkylation sites (tertiary alicyclic amines) is 1. The number of aromatic nitrogens is 3. The zero-order valence-corrected chi connectivity index (χ0v) is 21.3. The number of aryl methyl sites for hydroxylation is 1. The van der Waals surface area contributed by atoms with Gasteiger partial charge in [-0.15, -0.1) is 0 Å². The van der Waals surface area contributed by atoms with Gasteiger partial charge in [-0.2, -0.15) is 13.2 Å². The Balaban J connectivity index is 1.34. The average Bonchev–Trinajstić information content (AvgIpc) is 3.52. The molecule has 4 aromatic rings. The monoisotopic (exact) mass is 571 g/mol. The molecule has 0 spiro atoms. The molecule has 1 fully saturated rings. The molecule has 0 bridgehead atoms. The van der Waals surface area contributed by atoms with Crippen molar-refractivity contribution in [3.63, 3.8) is 0 Å². The van der Waals surface area contributed by atoms with Gasteiger partial charge in [0.25, 0.3) is 11.8 Å². The van der Waals surface area contributed by atoms with E-state index < -0.39 is 42.1 Å². The summed E-state index contributed by atoms with van der Waals surface area (Å²) in [6.07, 6.45) is 1.43. The maximum absolute atomic E-state index is 13.9. The number of nitrogen functional groups attached to an aromatic ring is 1. The van der Waals surface area contributed by atoms with Crippen LogP contribution in [0.2, 0.25) is 0 Å². The van der Waals surface area contributed by atoms with E-state index >= 15 is 0 Å². The molecule has 0 atom stereocenters. The predicted octanol–water partition coefficient (Wildman–Crippen LogP) is 5.58. The molecular weight excluding hydrogens is 549 g/mol. The third kappa shape index (κ3) is 6.39. The fraction of sp³-hybridized carbons (Fsp3) is 0.250. The number of alkyl halides is 5. The molecule has 212 valence electrons. The van der Waals surface area contributed by atoms with Gasteiger partial charge in [0, 0.05) is 55.3 Å². The van der Waals surface area contributed by atoms with Crippen LogP contribution >= 0.6 is 0 Å². The van der Waals surface area contributed by atoms with Gasteiger partial charge in [0.1, 0.15) is 17.2 Å². The molecule has 2 N–H and O–H groups in total. The topological polar surface area (TPSA) is 115 Å². The van der Waals surface area contributed by atoms with Gasteiger partial charge in [0.2, 0.25) is 0 Å². The normalized spacial score (nSPS) is 15.2. The van der Waals surface area contributed by atoms with E-state index in [0.29, 0.717) is 11.4 Å². The lowest BCUT2D eigenvalue weighted by Gasteiger charge is -2.15. The molecule has 3 aromatic heterocycles. The van der Waals surface area contributed by atoms with E-state index in [1.807, 2.05) is 0 Å². The van der Waals surface area contributed by atoms with Gasteiger partial charge >= 0.3 is 6.18 Å². The standard InChI is InChI=1S/C28H22F5N5O3/c29-27(30)7-8-38(15-27)26(40)19-13-36-25(37-14-19)18-9-17-10-21(41-24(17)22(11-18)28(31,32)33)5-4-20(39)3-1-16-2-6-23(34)35-12-16/h1-3,6,9-14H,4-5,7-8,15H2,(H2,34,35)/b3-1+. The SMILES string of the molecule is Nc1ccc(/C=C/C(=O)CCc2cc3cc(-c4ncc(C(=O)N5CCC(F)(F)C5)cn4)cc(C(F)(F)F)c3o2)cn1. The van der Waals surface area contributed by atoms with Crippen LogP contribution in [-0.4, -0.2) is 50.6 Å². The van der Waals surface area contributed by atoms with Crippen molar-refractivity contribution in [3.05, 3.63) is 77.4 Å². The molecule has 41 heavy (non-hydrogen) atoms. The molecule has 1 aromatic carbocycles. The number of nitrogens with two attached hydrogens (primary N) is 1. The van der Waals surface area contributed by atoms with E-state index in [-0.39, 0.29) is 53.3 Å². The molecule has 1 amide bonds. The lowest BCUT2D eigenvalue weighted by molar-refractivity contribution is -0.136. The second kappa shape index (κ2) is 10.7. The van der Waals surface area contributed by atoms with E-state index in [4.69, 9.17) is 10.2 Å². The summed E-state index contributed by atoms with van der Waals surface area (Å²) in [6, 6.07) is 6.93. The highest BCUT2D eigenvalue weighted by atomic mass is 19.4. The molecule has 4 heterocycles. The van der Waals surface area contributed by atoms with E-state index in [9.17, 15) is 31.5 Å². The lowest BCUT2D eigenvalue weighted by atomic mass is 10.1. The van der Waals surface area contributed by atoms with Crippen LogP contribution in [0.3, 0.4) is 0 Å². The van der Waals surface area contributed by atoms with Crippen molar-refractivity contribution in [2.75, 3.05) is 18.8 Å². The molecule has 8 nitrogen and oxygen atoms in total. The average molecular weight is 572 g/mol. The number of nitrogens with zero attached hydrogens (tertiary/aromatic N) is 4. The molecule has 0 radical (unpaired) electrons. The van der Waals surface area contributed by atoms with Gasteiger partial charge in [-0.3, -0.25) is 9.59 Å². The van der Waals surface area contributed by atoms with E-state index in [1.54, 1.807) is 18.2 Å². The number of carbonyl (C=O) groups excluding carboxylic acids is 2. The highest BCUT2D eigenvalue weighted by Crippen LogP contribution is 2.39. The number of amides is 1. The van der Waals surface area contributed by atoms with Gasteiger partial charge < -0.3 is 15.1 Å². The number of hydrogen-bond acceptors (Lipinski definition) is 7. The summed E-state index contributed by atoms with van der Waals surface area (Å²) in [5.41, 5.74) is 4.70. The first kappa shape index (κ1) is 27.9. The number of halogens is 5. The fourth-order valence-corrected chi connectivity index (χ4v) is 4.38. The van der Waals surface area contributed by atoms with Gasteiger partial charge in [0.15, 0.2) is 11.6 Å². The molecule has 0 unspecified atom stereocenters. The Hall–Kier alpha value is -4.68. The number of carbonyl (C=O) groups is 2. The van der Waals surface area contributed by atoms with Gasteiger partial charge in [0.05, 0.1) is 17.7 Å². The lowest BCUT2D eigenvalue weighted by Crippen LogP contribution is -2.31. The number of hydrogen-bond donors (Lipinski definition) is 1. The second-order valence-electron chi connectivity index (χ2n) is 9.60. The Kier molecular flexibility index (Phi) is 7.28. The number of ketones is 1. The number of fused-ring (bicyclic) bond motifs is 1. The summed E-state index contributed by atoms with van der Waals surface area (Å²) in [5, 5.41) is 0.129. The number of rotatable bonds is 7. The molecule has 5 rings (SSSR count).